The Labute approximate surface area is 71.4 Å². The largest absolute Gasteiger partial charge is 0.376 e. The molecule has 1 aliphatic heterocycles. The summed E-state index contributed by atoms with van der Waals surface area (Å²) >= 11 is 0. The highest BCUT2D eigenvalue weighted by molar-refractivity contribution is 5.43. The third-order valence-corrected chi connectivity index (χ3v) is 2.16. The molecule has 0 amide bonds. The predicted octanol–water partition coefficient (Wildman–Crippen LogP) is 1.63. The first-order valence-corrected chi connectivity index (χ1v) is 4.00. The van der Waals surface area contributed by atoms with E-state index >= 15 is 0 Å². The van der Waals surface area contributed by atoms with Crippen LogP contribution in [-0.2, 0) is 17.8 Å². The standard InChI is InChI=1S/C10H9NO/c11-6-9-3-1-2-8-4-5-12-7-10(8)9/h1-3H,4-5,7H2. The van der Waals surface area contributed by atoms with Crippen LogP contribution in [0.25, 0.3) is 0 Å². The molecule has 1 aromatic rings. The predicted molar refractivity (Wildman–Crippen MR) is 44.5 cm³/mol. The van der Waals surface area contributed by atoms with Gasteiger partial charge in [0, 0.05) is 0 Å². The highest BCUT2D eigenvalue weighted by Crippen LogP contribution is 2.19. The maximum atomic E-state index is 8.79. The number of hydrogen-bond donors (Lipinski definition) is 0. The number of nitriles is 1. The molecule has 0 bridgehead atoms. The summed E-state index contributed by atoms with van der Waals surface area (Å²) in [6, 6.07) is 8.02. The maximum Gasteiger partial charge on any atom is 0.0995 e. The van der Waals surface area contributed by atoms with Gasteiger partial charge in [-0.1, -0.05) is 12.1 Å². The summed E-state index contributed by atoms with van der Waals surface area (Å²) in [5.74, 6) is 0. The molecule has 2 rings (SSSR count). The molecule has 0 radical (unpaired) electrons. The maximum absolute atomic E-state index is 8.79. The molecule has 2 heteroatoms. The number of ether oxygens (including phenoxy) is 1. The van der Waals surface area contributed by atoms with E-state index in [0.717, 1.165) is 24.2 Å². The van der Waals surface area contributed by atoms with Crippen LogP contribution in [0.15, 0.2) is 18.2 Å². The molecule has 1 heterocycles. The van der Waals surface area contributed by atoms with E-state index in [4.69, 9.17) is 10.00 Å². The van der Waals surface area contributed by atoms with Gasteiger partial charge in [-0.15, -0.1) is 0 Å². The van der Waals surface area contributed by atoms with Gasteiger partial charge < -0.3 is 4.74 Å². The van der Waals surface area contributed by atoms with Crippen molar-refractivity contribution in [3.8, 4) is 6.07 Å². The Hall–Kier alpha value is -1.33. The van der Waals surface area contributed by atoms with Gasteiger partial charge in [-0.05, 0) is 23.6 Å². The van der Waals surface area contributed by atoms with Crippen molar-refractivity contribution in [2.75, 3.05) is 6.61 Å². The Morgan fingerprint density at radius 2 is 2.33 bits per heavy atom. The average molecular weight is 159 g/mol. The summed E-state index contributed by atoms with van der Waals surface area (Å²) in [5.41, 5.74) is 3.10. The first kappa shape index (κ1) is 7.33. The Balaban J connectivity index is 2.53. The first-order valence-electron chi connectivity index (χ1n) is 4.00. The van der Waals surface area contributed by atoms with Gasteiger partial charge in [-0.25, -0.2) is 0 Å². The van der Waals surface area contributed by atoms with Crippen LogP contribution in [0.4, 0.5) is 0 Å². The second-order valence-electron chi connectivity index (χ2n) is 2.86. The quantitative estimate of drug-likeness (QED) is 0.576. The van der Waals surface area contributed by atoms with E-state index in [1.807, 2.05) is 12.1 Å². The lowest BCUT2D eigenvalue weighted by atomic mass is 9.99. The van der Waals surface area contributed by atoms with E-state index in [1.165, 1.54) is 5.56 Å². The van der Waals surface area contributed by atoms with E-state index in [-0.39, 0.29) is 0 Å². The molecule has 1 aromatic carbocycles. The monoisotopic (exact) mass is 159 g/mol. The fraction of sp³-hybridized carbons (Fsp3) is 0.300. The second-order valence-corrected chi connectivity index (χ2v) is 2.86. The first-order chi connectivity index (χ1) is 5.92. The van der Waals surface area contributed by atoms with Crippen molar-refractivity contribution in [2.24, 2.45) is 0 Å². The zero-order valence-electron chi connectivity index (χ0n) is 6.71. The zero-order valence-corrected chi connectivity index (χ0v) is 6.71. The number of nitrogens with zero attached hydrogens (tertiary/aromatic N) is 1. The van der Waals surface area contributed by atoms with Crippen molar-refractivity contribution < 1.29 is 4.74 Å². The molecule has 0 aromatic heterocycles. The molecule has 60 valence electrons. The lowest BCUT2D eigenvalue weighted by Gasteiger charge is -2.16. The van der Waals surface area contributed by atoms with Crippen LogP contribution in [0.1, 0.15) is 16.7 Å². The third-order valence-electron chi connectivity index (χ3n) is 2.16. The van der Waals surface area contributed by atoms with Gasteiger partial charge in [0.05, 0.1) is 24.8 Å². The summed E-state index contributed by atoms with van der Waals surface area (Å²) < 4.78 is 5.29. The molecule has 0 N–H and O–H groups in total. The molecule has 0 saturated heterocycles. The molecular formula is C10H9NO. The molecular weight excluding hydrogens is 150 g/mol. The topological polar surface area (TPSA) is 33.0 Å². The molecule has 0 unspecified atom stereocenters. The lowest BCUT2D eigenvalue weighted by Crippen LogP contribution is -2.10. The molecule has 12 heavy (non-hydrogen) atoms. The van der Waals surface area contributed by atoms with Crippen LogP contribution >= 0.6 is 0 Å². The van der Waals surface area contributed by atoms with Gasteiger partial charge in [0.1, 0.15) is 0 Å². The minimum atomic E-state index is 0.596. The highest BCUT2D eigenvalue weighted by Gasteiger charge is 2.12. The van der Waals surface area contributed by atoms with E-state index < -0.39 is 0 Å². The molecule has 0 fully saturated rings. The molecule has 0 spiro atoms. The summed E-state index contributed by atoms with van der Waals surface area (Å²) in [6.07, 6.45) is 0.935. The van der Waals surface area contributed by atoms with Crippen molar-refractivity contribution in [3.63, 3.8) is 0 Å². The summed E-state index contributed by atoms with van der Waals surface area (Å²) in [6.45, 7) is 1.38. The van der Waals surface area contributed by atoms with Crippen LogP contribution in [0, 0.1) is 11.3 Å². The zero-order chi connectivity index (χ0) is 8.39. The Bertz CT molecular complexity index is 338. The van der Waals surface area contributed by atoms with Gasteiger partial charge in [0.2, 0.25) is 0 Å². The average Bonchev–Trinajstić information content (AvgIpc) is 2.17. The van der Waals surface area contributed by atoms with Crippen molar-refractivity contribution in [2.45, 2.75) is 13.0 Å². The molecule has 0 saturated carbocycles. The number of fused-ring (bicyclic) bond motifs is 1. The Morgan fingerprint density at radius 3 is 3.17 bits per heavy atom. The van der Waals surface area contributed by atoms with E-state index in [0.29, 0.717) is 6.61 Å². The number of hydrogen-bond acceptors (Lipinski definition) is 2. The van der Waals surface area contributed by atoms with E-state index in [2.05, 4.69) is 12.1 Å². The Morgan fingerprint density at radius 1 is 1.42 bits per heavy atom. The summed E-state index contributed by atoms with van der Waals surface area (Å²) in [4.78, 5) is 0. The number of rotatable bonds is 0. The molecule has 0 atom stereocenters. The normalized spacial score (nSPS) is 14.9. The summed E-state index contributed by atoms with van der Waals surface area (Å²) in [7, 11) is 0. The van der Waals surface area contributed by atoms with Crippen molar-refractivity contribution in [1.82, 2.24) is 0 Å². The van der Waals surface area contributed by atoms with Gasteiger partial charge in [-0.2, -0.15) is 5.26 Å². The van der Waals surface area contributed by atoms with Crippen molar-refractivity contribution >= 4 is 0 Å². The van der Waals surface area contributed by atoms with Crippen LogP contribution in [0.3, 0.4) is 0 Å². The minimum absolute atomic E-state index is 0.596. The van der Waals surface area contributed by atoms with Gasteiger partial charge in [0.15, 0.2) is 0 Å². The van der Waals surface area contributed by atoms with Crippen LogP contribution in [-0.4, -0.2) is 6.61 Å². The van der Waals surface area contributed by atoms with Crippen LogP contribution in [0.5, 0.6) is 0 Å². The fourth-order valence-corrected chi connectivity index (χ4v) is 1.50. The molecule has 0 aliphatic carbocycles. The van der Waals surface area contributed by atoms with E-state index in [9.17, 15) is 0 Å². The van der Waals surface area contributed by atoms with Gasteiger partial charge in [-0.3, -0.25) is 0 Å². The van der Waals surface area contributed by atoms with Crippen LogP contribution in [0.2, 0.25) is 0 Å². The SMILES string of the molecule is N#Cc1cccc2c1COCC2. The Kier molecular flexibility index (Phi) is 1.81. The molecule has 2 nitrogen and oxygen atoms in total. The minimum Gasteiger partial charge on any atom is -0.376 e. The summed E-state index contributed by atoms with van der Waals surface area (Å²) in [5, 5.41) is 8.79. The second kappa shape index (κ2) is 2.96. The fourth-order valence-electron chi connectivity index (χ4n) is 1.50. The highest BCUT2D eigenvalue weighted by atomic mass is 16.5. The third kappa shape index (κ3) is 1.09. The molecule has 1 aliphatic rings. The van der Waals surface area contributed by atoms with Gasteiger partial charge in [0.25, 0.3) is 0 Å². The van der Waals surface area contributed by atoms with Crippen molar-refractivity contribution in [1.29, 1.82) is 5.26 Å². The van der Waals surface area contributed by atoms with Gasteiger partial charge >= 0.3 is 0 Å². The number of benzene rings is 1. The van der Waals surface area contributed by atoms with E-state index in [1.54, 1.807) is 0 Å². The lowest BCUT2D eigenvalue weighted by molar-refractivity contribution is 0.110. The van der Waals surface area contributed by atoms with Crippen LogP contribution < -0.4 is 0 Å². The van der Waals surface area contributed by atoms with Crippen molar-refractivity contribution in [3.05, 3.63) is 34.9 Å². The smallest absolute Gasteiger partial charge is 0.0995 e.